The molecule has 3 aliphatic rings. The van der Waals surface area contributed by atoms with Gasteiger partial charge in [0.25, 0.3) is 0 Å². The zero-order valence-electron chi connectivity index (χ0n) is 11.4. The Balaban J connectivity index is 1.52. The molecule has 3 unspecified atom stereocenters. The van der Waals surface area contributed by atoms with E-state index in [2.05, 4.69) is 29.1 Å². The fourth-order valence-corrected chi connectivity index (χ4v) is 3.49. The van der Waals surface area contributed by atoms with E-state index in [4.69, 9.17) is 0 Å². The highest BCUT2D eigenvalue weighted by Gasteiger charge is 2.35. The fraction of sp³-hybridized carbons (Fsp3) is 1.00. The van der Waals surface area contributed by atoms with Crippen LogP contribution in [0.2, 0.25) is 0 Å². The molecule has 2 bridgehead atoms. The summed E-state index contributed by atoms with van der Waals surface area (Å²) in [5.74, 6) is 0. The number of nitrogens with one attached hydrogen (secondary N) is 1. The molecule has 0 spiro atoms. The molecule has 2 aliphatic heterocycles. The van der Waals surface area contributed by atoms with Crippen LogP contribution in [0.5, 0.6) is 0 Å². The minimum absolute atomic E-state index is 0.711. The standard InChI is InChI=1S/C14H27N3/c1-11(9-15-12-3-4-12)17-8-7-13-5-6-14(10-17)16(13)2/h11-15H,3-10H2,1-2H3. The van der Waals surface area contributed by atoms with Crippen molar-refractivity contribution in [2.45, 2.75) is 63.2 Å². The van der Waals surface area contributed by atoms with Gasteiger partial charge in [-0.25, -0.2) is 0 Å². The van der Waals surface area contributed by atoms with Crippen LogP contribution in [0.1, 0.15) is 39.0 Å². The summed E-state index contributed by atoms with van der Waals surface area (Å²) in [5, 5.41) is 3.67. The zero-order valence-corrected chi connectivity index (χ0v) is 11.4. The molecular formula is C14H27N3. The number of rotatable bonds is 4. The second-order valence-electron chi connectivity index (χ2n) is 6.37. The van der Waals surface area contributed by atoms with Crippen LogP contribution in [0.3, 0.4) is 0 Å². The van der Waals surface area contributed by atoms with E-state index in [1.807, 2.05) is 0 Å². The van der Waals surface area contributed by atoms with Crippen LogP contribution in [-0.4, -0.2) is 60.6 Å². The number of likely N-dealkylation sites (tertiary alicyclic amines) is 1. The normalized spacial score (nSPS) is 37.1. The van der Waals surface area contributed by atoms with Crippen molar-refractivity contribution in [2.75, 3.05) is 26.7 Å². The second kappa shape index (κ2) is 4.87. The Labute approximate surface area is 106 Å². The third-order valence-corrected chi connectivity index (χ3v) is 5.08. The minimum Gasteiger partial charge on any atom is -0.312 e. The molecule has 0 radical (unpaired) electrons. The fourth-order valence-electron chi connectivity index (χ4n) is 3.49. The first-order valence-corrected chi connectivity index (χ1v) is 7.43. The molecule has 3 atom stereocenters. The smallest absolute Gasteiger partial charge is 0.0223 e. The number of hydrogen-bond donors (Lipinski definition) is 1. The van der Waals surface area contributed by atoms with Crippen molar-refractivity contribution in [3.8, 4) is 0 Å². The molecule has 3 fully saturated rings. The van der Waals surface area contributed by atoms with Gasteiger partial charge in [0.05, 0.1) is 0 Å². The summed E-state index contributed by atoms with van der Waals surface area (Å²) >= 11 is 0. The van der Waals surface area contributed by atoms with E-state index >= 15 is 0 Å². The van der Waals surface area contributed by atoms with Crippen LogP contribution in [0.4, 0.5) is 0 Å². The van der Waals surface area contributed by atoms with E-state index in [0.717, 1.165) is 18.1 Å². The molecule has 1 aliphatic carbocycles. The highest BCUT2D eigenvalue weighted by Crippen LogP contribution is 2.29. The number of nitrogens with zero attached hydrogens (tertiary/aromatic N) is 2. The van der Waals surface area contributed by atoms with Gasteiger partial charge in [-0.2, -0.15) is 0 Å². The molecule has 3 rings (SSSR count). The van der Waals surface area contributed by atoms with Gasteiger partial charge in [-0.15, -0.1) is 0 Å². The van der Waals surface area contributed by atoms with Gasteiger partial charge in [0.15, 0.2) is 0 Å². The summed E-state index contributed by atoms with van der Waals surface area (Å²) < 4.78 is 0. The first kappa shape index (κ1) is 11.9. The summed E-state index contributed by atoms with van der Waals surface area (Å²) in [6.45, 7) is 6.18. The lowest BCUT2D eigenvalue weighted by molar-refractivity contribution is 0.177. The van der Waals surface area contributed by atoms with Crippen molar-refractivity contribution in [1.29, 1.82) is 0 Å². The third-order valence-electron chi connectivity index (χ3n) is 5.08. The Kier molecular flexibility index (Phi) is 3.42. The van der Waals surface area contributed by atoms with Crippen molar-refractivity contribution >= 4 is 0 Å². The van der Waals surface area contributed by atoms with Gasteiger partial charge in [-0.1, -0.05) is 0 Å². The van der Waals surface area contributed by atoms with Crippen molar-refractivity contribution in [1.82, 2.24) is 15.1 Å². The van der Waals surface area contributed by atoms with E-state index < -0.39 is 0 Å². The maximum atomic E-state index is 3.67. The lowest BCUT2D eigenvalue weighted by Gasteiger charge is -2.31. The monoisotopic (exact) mass is 237 g/mol. The van der Waals surface area contributed by atoms with Gasteiger partial charge in [0, 0.05) is 43.8 Å². The Morgan fingerprint density at radius 2 is 1.88 bits per heavy atom. The number of fused-ring (bicyclic) bond motifs is 2. The second-order valence-corrected chi connectivity index (χ2v) is 6.37. The highest BCUT2D eigenvalue weighted by molar-refractivity contribution is 4.93. The third kappa shape index (κ3) is 2.67. The van der Waals surface area contributed by atoms with Gasteiger partial charge >= 0.3 is 0 Å². The van der Waals surface area contributed by atoms with E-state index in [1.165, 1.54) is 51.7 Å². The number of hydrogen-bond acceptors (Lipinski definition) is 3. The predicted octanol–water partition coefficient (Wildman–Crippen LogP) is 1.30. The van der Waals surface area contributed by atoms with E-state index in [1.54, 1.807) is 0 Å². The largest absolute Gasteiger partial charge is 0.312 e. The molecule has 1 N–H and O–H groups in total. The van der Waals surface area contributed by atoms with Crippen molar-refractivity contribution < 1.29 is 0 Å². The van der Waals surface area contributed by atoms with Crippen LogP contribution < -0.4 is 5.32 Å². The van der Waals surface area contributed by atoms with E-state index in [0.29, 0.717) is 6.04 Å². The van der Waals surface area contributed by atoms with Gasteiger partial charge in [0.1, 0.15) is 0 Å². The van der Waals surface area contributed by atoms with Crippen LogP contribution >= 0.6 is 0 Å². The summed E-state index contributed by atoms with van der Waals surface area (Å²) in [5.41, 5.74) is 0. The summed E-state index contributed by atoms with van der Waals surface area (Å²) in [7, 11) is 2.33. The molecule has 2 heterocycles. The minimum atomic E-state index is 0.711. The first-order chi connectivity index (χ1) is 8.24. The van der Waals surface area contributed by atoms with E-state index in [9.17, 15) is 0 Å². The molecule has 0 aromatic heterocycles. The van der Waals surface area contributed by atoms with Gasteiger partial charge in [-0.05, 0) is 46.1 Å². The summed E-state index contributed by atoms with van der Waals surface area (Å²) in [4.78, 5) is 5.36. The predicted molar refractivity (Wildman–Crippen MR) is 71.2 cm³/mol. The van der Waals surface area contributed by atoms with Gasteiger partial charge in [-0.3, -0.25) is 9.80 Å². The maximum Gasteiger partial charge on any atom is 0.0223 e. The van der Waals surface area contributed by atoms with Crippen molar-refractivity contribution in [2.24, 2.45) is 0 Å². The molecule has 98 valence electrons. The maximum absolute atomic E-state index is 3.67. The molecule has 3 heteroatoms. The average molecular weight is 237 g/mol. The Morgan fingerprint density at radius 1 is 1.12 bits per heavy atom. The Bertz CT molecular complexity index is 264. The molecule has 0 aromatic rings. The molecule has 1 saturated carbocycles. The zero-order chi connectivity index (χ0) is 11.8. The first-order valence-electron chi connectivity index (χ1n) is 7.43. The quantitative estimate of drug-likeness (QED) is 0.795. The molecule has 17 heavy (non-hydrogen) atoms. The van der Waals surface area contributed by atoms with Gasteiger partial charge < -0.3 is 5.32 Å². The average Bonchev–Trinajstić information content (AvgIpc) is 3.05. The van der Waals surface area contributed by atoms with Crippen LogP contribution in [0.15, 0.2) is 0 Å². The van der Waals surface area contributed by atoms with Gasteiger partial charge in [0.2, 0.25) is 0 Å². The van der Waals surface area contributed by atoms with Crippen molar-refractivity contribution in [3.05, 3.63) is 0 Å². The summed E-state index contributed by atoms with van der Waals surface area (Å²) in [6, 6.07) is 3.26. The van der Waals surface area contributed by atoms with Crippen LogP contribution in [-0.2, 0) is 0 Å². The molecule has 0 amide bonds. The van der Waals surface area contributed by atoms with Crippen LogP contribution in [0, 0.1) is 0 Å². The van der Waals surface area contributed by atoms with Crippen LogP contribution in [0.25, 0.3) is 0 Å². The molecule has 3 nitrogen and oxygen atoms in total. The van der Waals surface area contributed by atoms with Crippen molar-refractivity contribution in [3.63, 3.8) is 0 Å². The summed E-state index contributed by atoms with van der Waals surface area (Å²) in [6.07, 6.45) is 7.03. The molecule has 0 aromatic carbocycles. The lowest BCUT2D eigenvalue weighted by atomic mass is 10.1. The Hall–Kier alpha value is -0.120. The lowest BCUT2D eigenvalue weighted by Crippen LogP contribution is -2.45. The molecular weight excluding hydrogens is 210 g/mol. The highest BCUT2D eigenvalue weighted by atomic mass is 15.3. The topological polar surface area (TPSA) is 18.5 Å². The SMILES string of the molecule is CC(CNC1CC1)N1CCC2CCC(C1)N2C. The van der Waals surface area contributed by atoms with E-state index in [-0.39, 0.29) is 0 Å². The Morgan fingerprint density at radius 3 is 2.65 bits per heavy atom. The number of likely N-dealkylation sites (N-methyl/N-ethyl adjacent to an activating group) is 1. The molecule has 2 saturated heterocycles.